The molecule has 1 aliphatic rings. The quantitative estimate of drug-likeness (QED) is 0.233. The van der Waals surface area contributed by atoms with Gasteiger partial charge in [-0.1, -0.05) is 109 Å². The number of hydrogen-bond donors (Lipinski definition) is 0. The van der Waals surface area contributed by atoms with Gasteiger partial charge < -0.3 is 0 Å². The zero-order valence-corrected chi connectivity index (χ0v) is 16.8. The van der Waals surface area contributed by atoms with Gasteiger partial charge in [-0.3, -0.25) is 0 Å². The van der Waals surface area contributed by atoms with Gasteiger partial charge in [0, 0.05) is 0 Å². The third-order valence-electron chi connectivity index (χ3n) is 6.37. The Kier molecular flexibility index (Phi) is 4.02. The van der Waals surface area contributed by atoms with Crippen LogP contribution in [0.1, 0.15) is 11.1 Å². The number of rotatable bonds is 0. The SMILES string of the molecule is c1ccc2c(c1)cc1c3c(cccc32)CC1.c1ccc2c(c1)ccc1ccccc12. The molecule has 0 amide bonds. The second-order valence-electron chi connectivity index (χ2n) is 8.10. The van der Waals surface area contributed by atoms with Crippen LogP contribution in [0, 0.1) is 0 Å². The molecule has 142 valence electrons. The van der Waals surface area contributed by atoms with Gasteiger partial charge in [0.1, 0.15) is 0 Å². The maximum absolute atomic E-state index is 2.37. The van der Waals surface area contributed by atoms with Crippen LogP contribution in [0.25, 0.3) is 43.1 Å². The second kappa shape index (κ2) is 7.00. The Morgan fingerprint density at radius 3 is 1.53 bits per heavy atom. The van der Waals surface area contributed by atoms with Crippen LogP contribution in [0.3, 0.4) is 0 Å². The van der Waals surface area contributed by atoms with Gasteiger partial charge in [0.25, 0.3) is 0 Å². The predicted molar refractivity (Wildman–Crippen MR) is 130 cm³/mol. The largest absolute Gasteiger partial charge is 0.0616 e. The van der Waals surface area contributed by atoms with E-state index in [4.69, 9.17) is 0 Å². The van der Waals surface area contributed by atoms with Crippen molar-refractivity contribution in [3.05, 3.63) is 120 Å². The van der Waals surface area contributed by atoms with E-state index in [9.17, 15) is 0 Å². The van der Waals surface area contributed by atoms with Gasteiger partial charge >= 0.3 is 0 Å². The summed E-state index contributed by atoms with van der Waals surface area (Å²) in [5.41, 5.74) is 3.06. The minimum absolute atomic E-state index is 1.21. The molecule has 0 aliphatic heterocycles. The maximum Gasteiger partial charge on any atom is -0.00999 e. The van der Waals surface area contributed by atoms with E-state index >= 15 is 0 Å². The molecule has 0 N–H and O–H groups in total. The molecular weight excluding hydrogens is 360 g/mol. The molecule has 1 aliphatic carbocycles. The lowest BCUT2D eigenvalue weighted by molar-refractivity contribution is 1.03. The van der Waals surface area contributed by atoms with Gasteiger partial charge in [-0.15, -0.1) is 0 Å². The summed E-state index contributed by atoms with van der Waals surface area (Å²) in [4.78, 5) is 0. The molecule has 0 bridgehead atoms. The van der Waals surface area contributed by atoms with E-state index in [-0.39, 0.29) is 0 Å². The summed E-state index contributed by atoms with van der Waals surface area (Å²) >= 11 is 0. The lowest BCUT2D eigenvalue weighted by atomic mass is 9.98. The molecule has 6 aromatic carbocycles. The first kappa shape index (κ1) is 17.2. The van der Waals surface area contributed by atoms with E-state index in [1.54, 1.807) is 0 Å². The Morgan fingerprint density at radius 2 is 0.867 bits per heavy atom. The van der Waals surface area contributed by atoms with Crippen LogP contribution in [0.2, 0.25) is 0 Å². The van der Waals surface area contributed by atoms with E-state index in [1.165, 1.54) is 67.1 Å². The van der Waals surface area contributed by atoms with Gasteiger partial charge in [0.2, 0.25) is 0 Å². The molecule has 0 atom stereocenters. The van der Waals surface area contributed by atoms with Crippen molar-refractivity contribution in [2.45, 2.75) is 12.8 Å². The molecule has 7 rings (SSSR count). The maximum atomic E-state index is 2.37. The lowest BCUT2D eigenvalue weighted by Gasteiger charge is -2.06. The first-order valence-corrected chi connectivity index (χ1v) is 10.7. The molecule has 0 aromatic heterocycles. The molecular formula is C30H22. The first-order valence-electron chi connectivity index (χ1n) is 10.7. The molecule has 0 saturated carbocycles. The summed E-state index contributed by atoms with van der Waals surface area (Å²) < 4.78 is 0. The highest BCUT2D eigenvalue weighted by atomic mass is 14.2. The van der Waals surface area contributed by atoms with Crippen molar-refractivity contribution < 1.29 is 0 Å². The van der Waals surface area contributed by atoms with Gasteiger partial charge in [0.05, 0.1) is 0 Å². The highest BCUT2D eigenvalue weighted by molar-refractivity contribution is 6.10. The highest BCUT2D eigenvalue weighted by Crippen LogP contribution is 2.35. The van der Waals surface area contributed by atoms with E-state index in [0.29, 0.717) is 0 Å². The fourth-order valence-corrected chi connectivity index (χ4v) is 4.96. The fraction of sp³-hybridized carbons (Fsp3) is 0.0667. The minimum Gasteiger partial charge on any atom is -0.0616 e. The second-order valence-corrected chi connectivity index (χ2v) is 8.10. The molecule has 0 nitrogen and oxygen atoms in total. The number of fused-ring (bicyclic) bond motifs is 5. The average Bonchev–Trinajstić information content (AvgIpc) is 3.24. The number of benzene rings is 6. The van der Waals surface area contributed by atoms with E-state index in [1.807, 2.05) is 0 Å². The molecule has 30 heavy (non-hydrogen) atoms. The van der Waals surface area contributed by atoms with Gasteiger partial charge in [-0.2, -0.15) is 0 Å². The Hall–Kier alpha value is -3.64. The van der Waals surface area contributed by atoms with Crippen molar-refractivity contribution >= 4 is 43.1 Å². The summed E-state index contributed by atoms with van der Waals surface area (Å²) in [6.45, 7) is 0. The topological polar surface area (TPSA) is 0 Å². The Bertz CT molecular complexity index is 1480. The molecule has 6 aromatic rings. The molecule has 0 saturated heterocycles. The third kappa shape index (κ3) is 2.76. The molecule has 0 heteroatoms. The number of hydrogen-bond acceptors (Lipinski definition) is 0. The lowest BCUT2D eigenvalue weighted by Crippen LogP contribution is -1.81. The molecule has 0 unspecified atom stereocenters. The van der Waals surface area contributed by atoms with Crippen LogP contribution in [0.5, 0.6) is 0 Å². The summed E-state index contributed by atoms with van der Waals surface area (Å²) in [5, 5.41) is 11.0. The Balaban J connectivity index is 0.000000118. The van der Waals surface area contributed by atoms with Crippen LogP contribution >= 0.6 is 0 Å². The van der Waals surface area contributed by atoms with Crippen molar-refractivity contribution in [1.82, 2.24) is 0 Å². The van der Waals surface area contributed by atoms with Crippen molar-refractivity contribution in [2.24, 2.45) is 0 Å². The van der Waals surface area contributed by atoms with Crippen molar-refractivity contribution in [3.63, 3.8) is 0 Å². The van der Waals surface area contributed by atoms with Gasteiger partial charge in [-0.05, 0) is 67.1 Å². The summed E-state index contributed by atoms with van der Waals surface area (Å²) in [6.07, 6.45) is 2.42. The third-order valence-corrected chi connectivity index (χ3v) is 6.37. The normalized spacial score (nSPS) is 12.4. The molecule has 0 heterocycles. The van der Waals surface area contributed by atoms with E-state index in [2.05, 4.69) is 109 Å². The highest BCUT2D eigenvalue weighted by Gasteiger charge is 2.15. The average molecular weight is 383 g/mol. The zero-order valence-electron chi connectivity index (χ0n) is 16.8. The summed E-state index contributed by atoms with van der Waals surface area (Å²) in [5.74, 6) is 0. The smallest absolute Gasteiger partial charge is 0.00999 e. The summed E-state index contributed by atoms with van der Waals surface area (Å²) in [7, 11) is 0. The van der Waals surface area contributed by atoms with Crippen LogP contribution in [-0.2, 0) is 12.8 Å². The molecule has 0 radical (unpaired) electrons. The van der Waals surface area contributed by atoms with Crippen molar-refractivity contribution in [1.29, 1.82) is 0 Å². The van der Waals surface area contributed by atoms with E-state index in [0.717, 1.165) is 0 Å². The van der Waals surface area contributed by atoms with Gasteiger partial charge in [-0.25, -0.2) is 0 Å². The predicted octanol–water partition coefficient (Wildman–Crippen LogP) is 8.08. The summed E-state index contributed by atoms with van der Waals surface area (Å²) in [6, 6.07) is 39.2. The monoisotopic (exact) mass is 382 g/mol. The molecule has 0 fully saturated rings. The molecule has 0 spiro atoms. The zero-order chi connectivity index (χ0) is 19.9. The van der Waals surface area contributed by atoms with Crippen LogP contribution < -0.4 is 0 Å². The Labute approximate surface area is 176 Å². The fourth-order valence-electron chi connectivity index (χ4n) is 4.96. The van der Waals surface area contributed by atoms with Crippen LogP contribution in [-0.4, -0.2) is 0 Å². The van der Waals surface area contributed by atoms with Crippen LogP contribution in [0.15, 0.2) is 109 Å². The first-order chi connectivity index (χ1) is 14.9. The van der Waals surface area contributed by atoms with E-state index < -0.39 is 0 Å². The van der Waals surface area contributed by atoms with Crippen molar-refractivity contribution in [2.75, 3.05) is 0 Å². The standard InChI is InChI=1S/C16H12.C14H10/c1-2-6-14-12(4-1)10-13-9-8-11-5-3-7-15(14)16(11)13;1-3-7-13-11(5-1)9-10-12-6-2-4-8-14(12)13/h1-7,10H,8-9H2;1-10H. The van der Waals surface area contributed by atoms with Crippen LogP contribution in [0.4, 0.5) is 0 Å². The van der Waals surface area contributed by atoms with Gasteiger partial charge in [0.15, 0.2) is 0 Å². The minimum atomic E-state index is 1.21. The van der Waals surface area contributed by atoms with Crippen molar-refractivity contribution in [3.8, 4) is 0 Å². The Morgan fingerprint density at radius 1 is 0.367 bits per heavy atom. The number of aryl methyl sites for hydroxylation is 2.